The van der Waals surface area contributed by atoms with Gasteiger partial charge in [0.15, 0.2) is 11.5 Å². The molecule has 26 heavy (non-hydrogen) atoms. The molecule has 0 radical (unpaired) electrons. The highest BCUT2D eigenvalue weighted by molar-refractivity contribution is 5.90. The fraction of sp³-hybridized carbons (Fsp3) is 0.294. The molecule has 1 N–H and O–H groups in total. The summed E-state index contributed by atoms with van der Waals surface area (Å²) in [5, 5.41) is 7.03. The molecule has 9 heteroatoms. The second-order valence-electron chi connectivity index (χ2n) is 5.73. The van der Waals surface area contributed by atoms with Gasteiger partial charge in [-0.05, 0) is 13.0 Å². The van der Waals surface area contributed by atoms with Crippen molar-refractivity contribution in [1.82, 2.24) is 19.3 Å². The number of anilines is 1. The Bertz CT molecular complexity index is 1040. The van der Waals surface area contributed by atoms with Crippen molar-refractivity contribution in [3.8, 4) is 11.5 Å². The fourth-order valence-electron chi connectivity index (χ4n) is 2.68. The van der Waals surface area contributed by atoms with Crippen LogP contribution in [-0.2, 0) is 18.4 Å². The number of aryl methyl sites for hydroxylation is 2. The quantitative estimate of drug-likeness (QED) is 0.734. The highest BCUT2D eigenvalue weighted by atomic mass is 16.5. The van der Waals surface area contributed by atoms with Crippen molar-refractivity contribution in [2.24, 2.45) is 7.05 Å². The van der Waals surface area contributed by atoms with Crippen molar-refractivity contribution in [2.45, 2.75) is 13.5 Å². The molecule has 2 aromatic heterocycles. The molecule has 0 aliphatic carbocycles. The van der Waals surface area contributed by atoms with Gasteiger partial charge in [0, 0.05) is 19.3 Å². The maximum absolute atomic E-state index is 12.8. The van der Waals surface area contributed by atoms with Gasteiger partial charge in [0.2, 0.25) is 5.91 Å². The Labute approximate surface area is 149 Å². The monoisotopic (exact) mass is 357 g/mol. The van der Waals surface area contributed by atoms with E-state index in [1.165, 1.54) is 25.0 Å². The second-order valence-corrected chi connectivity index (χ2v) is 5.73. The van der Waals surface area contributed by atoms with Crippen molar-refractivity contribution < 1.29 is 14.3 Å². The van der Waals surface area contributed by atoms with Gasteiger partial charge in [-0.15, -0.1) is 0 Å². The van der Waals surface area contributed by atoms with E-state index in [1.54, 1.807) is 37.0 Å². The molecule has 3 aromatic rings. The number of ether oxygens (including phenoxy) is 2. The lowest BCUT2D eigenvalue weighted by molar-refractivity contribution is -0.116. The molecule has 3 rings (SSSR count). The van der Waals surface area contributed by atoms with Gasteiger partial charge in [0.05, 0.1) is 37.0 Å². The normalized spacial score (nSPS) is 10.8. The minimum absolute atomic E-state index is 0.156. The summed E-state index contributed by atoms with van der Waals surface area (Å²) in [6.45, 7) is 1.52. The first-order valence-electron chi connectivity index (χ1n) is 7.84. The highest BCUT2D eigenvalue weighted by Crippen LogP contribution is 2.30. The lowest BCUT2D eigenvalue weighted by Gasteiger charge is -2.13. The molecule has 0 fully saturated rings. The molecule has 0 atom stereocenters. The summed E-state index contributed by atoms with van der Waals surface area (Å²) in [7, 11) is 4.75. The third-order valence-electron chi connectivity index (χ3n) is 3.94. The minimum atomic E-state index is -0.343. The number of carbonyl (C=O) groups is 1. The van der Waals surface area contributed by atoms with Crippen LogP contribution in [0.15, 0.2) is 29.3 Å². The highest BCUT2D eigenvalue weighted by Gasteiger charge is 2.15. The van der Waals surface area contributed by atoms with Crippen molar-refractivity contribution in [3.63, 3.8) is 0 Å². The van der Waals surface area contributed by atoms with Crippen LogP contribution < -0.4 is 20.3 Å². The first-order chi connectivity index (χ1) is 12.4. The number of carbonyl (C=O) groups excluding carboxylic acids is 1. The van der Waals surface area contributed by atoms with E-state index in [-0.39, 0.29) is 18.0 Å². The smallest absolute Gasteiger partial charge is 0.262 e. The fourth-order valence-corrected chi connectivity index (χ4v) is 2.68. The van der Waals surface area contributed by atoms with Gasteiger partial charge in [0.25, 0.3) is 5.56 Å². The molecule has 9 nitrogen and oxygen atoms in total. The van der Waals surface area contributed by atoms with Crippen LogP contribution in [0.1, 0.15) is 5.82 Å². The van der Waals surface area contributed by atoms with E-state index in [4.69, 9.17) is 9.47 Å². The molecule has 0 unspecified atom stereocenters. The summed E-state index contributed by atoms with van der Waals surface area (Å²) >= 11 is 0. The summed E-state index contributed by atoms with van der Waals surface area (Å²) < 4.78 is 13.4. The van der Waals surface area contributed by atoms with Crippen LogP contribution in [0.4, 0.5) is 5.69 Å². The summed E-state index contributed by atoms with van der Waals surface area (Å²) in [4.78, 5) is 29.5. The zero-order valence-corrected chi connectivity index (χ0v) is 14.9. The average Bonchev–Trinajstić information content (AvgIpc) is 3.02. The number of hydrogen-bond donors (Lipinski definition) is 1. The van der Waals surface area contributed by atoms with Crippen molar-refractivity contribution in [2.75, 3.05) is 19.5 Å². The number of nitrogens with zero attached hydrogens (tertiary/aromatic N) is 4. The Morgan fingerprint density at radius 2 is 1.92 bits per heavy atom. The first kappa shape index (κ1) is 17.5. The van der Waals surface area contributed by atoms with Gasteiger partial charge in [0.1, 0.15) is 12.4 Å². The maximum Gasteiger partial charge on any atom is 0.262 e. The minimum Gasteiger partial charge on any atom is -0.493 e. The molecular formula is C17H19N5O4. The van der Waals surface area contributed by atoms with E-state index in [9.17, 15) is 9.59 Å². The van der Waals surface area contributed by atoms with Crippen LogP contribution in [0.3, 0.4) is 0 Å². The zero-order chi connectivity index (χ0) is 18.8. The lowest BCUT2D eigenvalue weighted by Crippen LogP contribution is -2.30. The Morgan fingerprint density at radius 3 is 2.54 bits per heavy atom. The average molecular weight is 357 g/mol. The Morgan fingerprint density at radius 1 is 1.23 bits per heavy atom. The third kappa shape index (κ3) is 3.23. The van der Waals surface area contributed by atoms with E-state index < -0.39 is 0 Å². The molecule has 1 amide bonds. The number of benzene rings is 1. The van der Waals surface area contributed by atoms with Crippen molar-refractivity contribution in [1.29, 1.82) is 0 Å². The van der Waals surface area contributed by atoms with Crippen LogP contribution in [0.2, 0.25) is 0 Å². The number of amides is 1. The topological polar surface area (TPSA) is 100 Å². The summed E-state index contributed by atoms with van der Waals surface area (Å²) in [5.74, 6) is 0.994. The van der Waals surface area contributed by atoms with Gasteiger partial charge in [-0.3, -0.25) is 18.8 Å². The van der Waals surface area contributed by atoms with Crippen LogP contribution >= 0.6 is 0 Å². The zero-order valence-electron chi connectivity index (χ0n) is 14.9. The predicted octanol–water partition coefficient (Wildman–Crippen LogP) is 1.09. The van der Waals surface area contributed by atoms with Crippen LogP contribution in [0, 0.1) is 6.92 Å². The molecule has 136 valence electrons. The molecule has 2 heterocycles. The summed E-state index contributed by atoms with van der Waals surface area (Å²) in [6, 6.07) is 3.21. The predicted molar refractivity (Wildman–Crippen MR) is 95.7 cm³/mol. The maximum atomic E-state index is 12.8. The van der Waals surface area contributed by atoms with E-state index >= 15 is 0 Å². The number of hydrogen-bond acceptors (Lipinski definition) is 6. The number of methoxy groups -OCH3 is 2. The molecule has 0 spiro atoms. The van der Waals surface area contributed by atoms with Gasteiger partial charge in [-0.1, -0.05) is 0 Å². The SMILES string of the molecule is COc1cc2nc(C)n(CC(=O)Nc3cnn(C)c3)c(=O)c2cc1OC. The van der Waals surface area contributed by atoms with E-state index in [0.717, 1.165) is 0 Å². The third-order valence-corrected chi connectivity index (χ3v) is 3.94. The lowest BCUT2D eigenvalue weighted by atomic mass is 10.2. The molecule has 0 aliphatic rings. The first-order valence-corrected chi connectivity index (χ1v) is 7.84. The number of nitrogens with one attached hydrogen (secondary N) is 1. The van der Waals surface area contributed by atoms with Crippen LogP contribution in [-0.4, -0.2) is 39.5 Å². The molecular weight excluding hydrogens is 338 g/mol. The van der Waals surface area contributed by atoms with Gasteiger partial charge >= 0.3 is 0 Å². The number of fused-ring (bicyclic) bond motifs is 1. The van der Waals surface area contributed by atoms with E-state index in [2.05, 4.69) is 15.4 Å². The van der Waals surface area contributed by atoms with Gasteiger partial charge in [-0.25, -0.2) is 4.98 Å². The van der Waals surface area contributed by atoms with Gasteiger partial charge < -0.3 is 14.8 Å². The Hall–Kier alpha value is -3.36. The molecule has 1 aromatic carbocycles. The van der Waals surface area contributed by atoms with Crippen molar-refractivity contribution >= 4 is 22.5 Å². The summed E-state index contributed by atoms with van der Waals surface area (Å²) in [6.07, 6.45) is 3.20. The van der Waals surface area contributed by atoms with Crippen molar-refractivity contribution in [3.05, 3.63) is 40.7 Å². The van der Waals surface area contributed by atoms with Crippen LogP contribution in [0.5, 0.6) is 11.5 Å². The molecule has 0 saturated carbocycles. The summed E-state index contributed by atoms with van der Waals surface area (Å²) in [5.41, 5.74) is 0.715. The van der Waals surface area contributed by atoms with E-state index in [1.807, 2.05) is 0 Å². The number of aromatic nitrogens is 4. The van der Waals surface area contributed by atoms with Crippen LogP contribution in [0.25, 0.3) is 10.9 Å². The van der Waals surface area contributed by atoms with E-state index in [0.29, 0.717) is 33.9 Å². The molecule has 0 saturated heterocycles. The number of rotatable bonds is 5. The standard InChI is InChI=1S/C17H19N5O4/c1-10-19-13-6-15(26-4)14(25-3)5-12(13)17(24)22(10)9-16(23)20-11-7-18-21(2)8-11/h5-8H,9H2,1-4H3,(H,20,23). The molecule has 0 bridgehead atoms. The Balaban J connectivity index is 1.97. The van der Waals surface area contributed by atoms with Gasteiger partial charge in [-0.2, -0.15) is 5.10 Å². The Kier molecular flexibility index (Phi) is 4.61. The molecule has 0 aliphatic heterocycles. The largest absolute Gasteiger partial charge is 0.493 e. The second kappa shape index (κ2) is 6.87.